The molecule has 3 rings (SSSR count). The highest BCUT2D eigenvalue weighted by molar-refractivity contribution is 7.10. The number of hydrogen-bond donors (Lipinski definition) is 3. The summed E-state index contributed by atoms with van der Waals surface area (Å²) in [5, 5.41) is 11.2. The average molecular weight is 306 g/mol. The maximum atomic E-state index is 12.6. The molecule has 110 valence electrons. The lowest BCUT2D eigenvalue weighted by atomic mass is 10.0. The Morgan fingerprint density at radius 3 is 3.05 bits per heavy atom. The molecule has 1 aliphatic heterocycles. The van der Waals surface area contributed by atoms with Gasteiger partial charge in [0.1, 0.15) is 12.1 Å². The number of hydrogen-bond acceptors (Lipinski definition) is 5. The summed E-state index contributed by atoms with van der Waals surface area (Å²) < 4.78 is 0. The van der Waals surface area contributed by atoms with Crippen LogP contribution in [-0.4, -0.2) is 37.9 Å². The first-order chi connectivity index (χ1) is 10.1. The fraction of sp³-hybridized carbons (Fsp3) is 0.308. The van der Waals surface area contributed by atoms with Gasteiger partial charge in [-0.3, -0.25) is 4.79 Å². The zero-order chi connectivity index (χ0) is 15.0. The lowest BCUT2D eigenvalue weighted by Crippen LogP contribution is -2.51. The van der Waals surface area contributed by atoms with Gasteiger partial charge in [-0.1, -0.05) is 6.07 Å². The SMILES string of the molecule is NC(C(=O)N1Cc2[nH]cnc2CC1C(=O)O)c1cccs1. The largest absolute Gasteiger partial charge is 0.480 e. The van der Waals surface area contributed by atoms with Crippen molar-refractivity contribution in [2.24, 2.45) is 5.73 Å². The van der Waals surface area contributed by atoms with Crippen molar-refractivity contribution < 1.29 is 14.7 Å². The molecular formula is C13H14N4O3S. The van der Waals surface area contributed by atoms with E-state index in [2.05, 4.69) is 9.97 Å². The molecule has 0 saturated heterocycles. The Morgan fingerprint density at radius 2 is 2.38 bits per heavy atom. The average Bonchev–Trinajstić information content (AvgIpc) is 3.14. The standard InChI is InChI=1S/C13H14N4O3S/c14-11(10-2-1-3-21-10)12(18)17-5-8-7(15-6-16-8)4-9(17)13(19)20/h1-3,6,9,11H,4-5,14H2,(H,15,16)(H,19,20). The number of H-pyrrole nitrogens is 1. The van der Waals surface area contributed by atoms with Crippen LogP contribution in [0.5, 0.6) is 0 Å². The van der Waals surface area contributed by atoms with Crippen LogP contribution in [0.25, 0.3) is 0 Å². The topological polar surface area (TPSA) is 112 Å². The van der Waals surface area contributed by atoms with Crippen LogP contribution in [0.15, 0.2) is 23.8 Å². The second kappa shape index (κ2) is 5.30. The molecule has 2 aromatic heterocycles. The van der Waals surface area contributed by atoms with Crippen molar-refractivity contribution in [2.75, 3.05) is 0 Å². The Kier molecular flexibility index (Phi) is 3.48. The van der Waals surface area contributed by atoms with Gasteiger partial charge in [-0.15, -0.1) is 11.3 Å². The van der Waals surface area contributed by atoms with Gasteiger partial charge < -0.3 is 20.7 Å². The predicted octanol–water partition coefficient (Wildman–Crippen LogP) is 0.509. The number of carbonyl (C=O) groups is 2. The lowest BCUT2D eigenvalue weighted by molar-refractivity contribution is -0.152. The van der Waals surface area contributed by atoms with Gasteiger partial charge in [0.25, 0.3) is 0 Å². The Bertz CT molecular complexity index is 667. The number of aromatic amines is 1. The molecule has 0 saturated carbocycles. The smallest absolute Gasteiger partial charge is 0.326 e. The van der Waals surface area contributed by atoms with Gasteiger partial charge >= 0.3 is 5.97 Å². The molecule has 3 heterocycles. The van der Waals surface area contributed by atoms with Crippen LogP contribution in [0.3, 0.4) is 0 Å². The van der Waals surface area contributed by atoms with Gasteiger partial charge in [0.15, 0.2) is 0 Å². The zero-order valence-corrected chi connectivity index (χ0v) is 11.8. The predicted molar refractivity (Wildman–Crippen MR) is 75.5 cm³/mol. The highest BCUT2D eigenvalue weighted by Crippen LogP contribution is 2.25. The van der Waals surface area contributed by atoms with Crippen molar-refractivity contribution in [3.63, 3.8) is 0 Å². The van der Waals surface area contributed by atoms with Crippen LogP contribution in [0.4, 0.5) is 0 Å². The molecule has 8 heteroatoms. The van der Waals surface area contributed by atoms with Gasteiger partial charge in [0.2, 0.25) is 5.91 Å². The quantitative estimate of drug-likeness (QED) is 0.765. The second-order valence-electron chi connectivity index (χ2n) is 4.85. The van der Waals surface area contributed by atoms with E-state index in [1.807, 2.05) is 11.4 Å². The minimum Gasteiger partial charge on any atom is -0.480 e. The van der Waals surface area contributed by atoms with E-state index in [-0.39, 0.29) is 18.9 Å². The molecule has 21 heavy (non-hydrogen) atoms. The number of aliphatic carboxylic acids is 1. The lowest BCUT2D eigenvalue weighted by Gasteiger charge is -2.33. The molecule has 0 radical (unpaired) electrons. The molecule has 2 aromatic rings. The second-order valence-corrected chi connectivity index (χ2v) is 5.82. The van der Waals surface area contributed by atoms with Crippen LogP contribution >= 0.6 is 11.3 Å². The molecule has 0 spiro atoms. The van der Waals surface area contributed by atoms with Crippen molar-refractivity contribution in [1.29, 1.82) is 0 Å². The maximum absolute atomic E-state index is 12.6. The van der Waals surface area contributed by atoms with Crippen LogP contribution in [0, 0.1) is 0 Å². The molecule has 2 atom stereocenters. The summed E-state index contributed by atoms with van der Waals surface area (Å²) >= 11 is 1.38. The molecule has 4 N–H and O–H groups in total. The van der Waals surface area contributed by atoms with Gasteiger partial charge in [-0.2, -0.15) is 0 Å². The zero-order valence-electron chi connectivity index (χ0n) is 11.0. The van der Waals surface area contributed by atoms with Crippen molar-refractivity contribution in [2.45, 2.75) is 25.0 Å². The first-order valence-electron chi connectivity index (χ1n) is 6.41. The number of fused-ring (bicyclic) bond motifs is 1. The van der Waals surface area contributed by atoms with E-state index in [0.29, 0.717) is 5.69 Å². The summed E-state index contributed by atoms with van der Waals surface area (Å²) in [6.07, 6.45) is 1.70. The Morgan fingerprint density at radius 1 is 1.57 bits per heavy atom. The third-order valence-electron chi connectivity index (χ3n) is 3.58. The summed E-state index contributed by atoms with van der Waals surface area (Å²) in [5.41, 5.74) is 7.43. The highest BCUT2D eigenvalue weighted by atomic mass is 32.1. The number of rotatable bonds is 3. The Labute approximate surface area is 124 Å². The molecule has 0 aromatic carbocycles. The monoisotopic (exact) mass is 306 g/mol. The van der Waals surface area contributed by atoms with Gasteiger partial charge in [-0.25, -0.2) is 9.78 Å². The molecule has 1 amide bonds. The fourth-order valence-electron chi connectivity index (χ4n) is 2.46. The highest BCUT2D eigenvalue weighted by Gasteiger charge is 2.38. The number of imidazole rings is 1. The number of nitrogens with two attached hydrogens (primary N) is 1. The fourth-order valence-corrected chi connectivity index (χ4v) is 3.18. The van der Waals surface area contributed by atoms with E-state index in [0.717, 1.165) is 10.6 Å². The van der Waals surface area contributed by atoms with Crippen LogP contribution in [0.1, 0.15) is 22.3 Å². The summed E-state index contributed by atoms with van der Waals surface area (Å²) in [5.74, 6) is -1.43. The van der Waals surface area contributed by atoms with Crippen molar-refractivity contribution in [1.82, 2.24) is 14.9 Å². The first-order valence-corrected chi connectivity index (χ1v) is 7.29. The van der Waals surface area contributed by atoms with E-state index in [4.69, 9.17) is 5.73 Å². The molecular weight excluding hydrogens is 292 g/mol. The minimum atomic E-state index is -1.05. The van der Waals surface area contributed by atoms with Gasteiger partial charge in [0.05, 0.1) is 24.3 Å². The number of aromatic nitrogens is 2. The van der Waals surface area contributed by atoms with E-state index in [9.17, 15) is 14.7 Å². The molecule has 0 bridgehead atoms. The molecule has 0 fully saturated rings. The van der Waals surface area contributed by atoms with E-state index in [1.54, 1.807) is 6.07 Å². The molecule has 1 aliphatic rings. The summed E-state index contributed by atoms with van der Waals surface area (Å²) in [7, 11) is 0. The third-order valence-corrected chi connectivity index (χ3v) is 4.54. The van der Waals surface area contributed by atoms with Crippen molar-refractivity contribution in [3.05, 3.63) is 40.1 Å². The summed E-state index contributed by atoms with van der Waals surface area (Å²) in [6.45, 7) is 0.185. The van der Waals surface area contributed by atoms with Crippen LogP contribution in [-0.2, 0) is 22.6 Å². The third kappa shape index (κ3) is 2.43. The summed E-state index contributed by atoms with van der Waals surface area (Å²) in [6, 6.07) is 1.82. The number of nitrogens with one attached hydrogen (secondary N) is 1. The number of carbonyl (C=O) groups excluding carboxylic acids is 1. The van der Waals surface area contributed by atoms with Crippen LogP contribution < -0.4 is 5.73 Å². The molecule has 7 nitrogen and oxygen atoms in total. The van der Waals surface area contributed by atoms with Crippen molar-refractivity contribution >= 4 is 23.2 Å². The Balaban J connectivity index is 1.88. The van der Waals surface area contributed by atoms with E-state index in [1.165, 1.54) is 22.6 Å². The minimum absolute atomic E-state index is 0.185. The molecule has 0 aliphatic carbocycles. The van der Waals surface area contributed by atoms with E-state index >= 15 is 0 Å². The first kappa shape index (κ1) is 13.8. The van der Waals surface area contributed by atoms with Crippen LogP contribution in [0.2, 0.25) is 0 Å². The molecule has 2 unspecified atom stereocenters. The van der Waals surface area contributed by atoms with E-state index < -0.39 is 18.1 Å². The van der Waals surface area contributed by atoms with Gasteiger partial charge in [0, 0.05) is 11.3 Å². The Hall–Kier alpha value is -2.19. The van der Waals surface area contributed by atoms with Crippen molar-refractivity contribution in [3.8, 4) is 0 Å². The number of carboxylic acids is 1. The number of amides is 1. The van der Waals surface area contributed by atoms with Gasteiger partial charge in [-0.05, 0) is 11.4 Å². The summed E-state index contributed by atoms with van der Waals surface area (Å²) in [4.78, 5) is 33.1. The normalized spacial score (nSPS) is 19.1. The number of carboxylic acid groups (broad SMARTS) is 1. The number of nitrogens with zero attached hydrogens (tertiary/aromatic N) is 2. The number of thiophene rings is 1. The maximum Gasteiger partial charge on any atom is 0.326 e.